The first-order valence-electron chi connectivity index (χ1n) is 5.65. The average molecular weight is 255 g/mol. The Morgan fingerprint density at radius 3 is 2.65 bits per heavy atom. The number of rotatable bonds is 5. The molecule has 0 aromatic carbocycles. The summed E-state index contributed by atoms with van der Waals surface area (Å²) in [4.78, 5) is 23.8. The monoisotopic (exact) mass is 255 g/mol. The van der Waals surface area contributed by atoms with Crippen LogP contribution in [0.3, 0.4) is 0 Å². The van der Waals surface area contributed by atoms with E-state index >= 15 is 0 Å². The highest BCUT2D eigenvalue weighted by atomic mass is 32.1. The van der Waals surface area contributed by atoms with Crippen LogP contribution >= 0.6 is 11.3 Å². The van der Waals surface area contributed by atoms with Gasteiger partial charge in [-0.3, -0.25) is 4.79 Å². The highest BCUT2D eigenvalue weighted by molar-refractivity contribution is 7.16. The number of esters is 1. The third-order valence-corrected chi connectivity index (χ3v) is 3.17. The van der Waals surface area contributed by atoms with E-state index in [-0.39, 0.29) is 11.9 Å². The van der Waals surface area contributed by atoms with Gasteiger partial charge in [-0.1, -0.05) is 13.3 Å². The molecule has 94 valence electrons. The lowest BCUT2D eigenvalue weighted by Gasteiger charge is -2.03. The normalized spacial score (nSPS) is 10.1. The lowest BCUT2D eigenvalue weighted by Crippen LogP contribution is -2.10. The standard InChI is InChI=1S/C12H17NO3S/c1-4-6-9-7-10(12(15)16-5-2)11(17-9)13-8(3)14/h7H,4-6H2,1-3H3,(H,13,14). The summed E-state index contributed by atoms with van der Waals surface area (Å²) in [5.74, 6) is -0.560. The van der Waals surface area contributed by atoms with Crippen molar-refractivity contribution in [2.45, 2.75) is 33.6 Å². The fraction of sp³-hybridized carbons (Fsp3) is 0.500. The molecule has 0 saturated heterocycles. The van der Waals surface area contributed by atoms with E-state index < -0.39 is 0 Å². The van der Waals surface area contributed by atoms with Crippen molar-refractivity contribution in [2.75, 3.05) is 11.9 Å². The van der Waals surface area contributed by atoms with Gasteiger partial charge in [0.25, 0.3) is 0 Å². The smallest absolute Gasteiger partial charge is 0.341 e. The minimum atomic E-state index is -0.380. The summed E-state index contributed by atoms with van der Waals surface area (Å²) in [6, 6.07) is 1.80. The fourth-order valence-corrected chi connectivity index (χ4v) is 2.62. The first kappa shape index (κ1) is 13.7. The summed E-state index contributed by atoms with van der Waals surface area (Å²) in [5, 5.41) is 3.25. The van der Waals surface area contributed by atoms with Crippen molar-refractivity contribution >= 4 is 28.2 Å². The zero-order chi connectivity index (χ0) is 12.8. The Bertz CT molecular complexity index is 412. The van der Waals surface area contributed by atoms with Crippen LogP contribution in [0.15, 0.2) is 6.07 Å². The molecule has 0 aliphatic carbocycles. The summed E-state index contributed by atoms with van der Waals surface area (Å²) in [5.41, 5.74) is 0.454. The number of hydrogen-bond acceptors (Lipinski definition) is 4. The van der Waals surface area contributed by atoms with Crippen LogP contribution in [-0.2, 0) is 16.0 Å². The molecule has 1 amide bonds. The van der Waals surface area contributed by atoms with Crippen molar-refractivity contribution in [1.82, 2.24) is 0 Å². The highest BCUT2D eigenvalue weighted by Crippen LogP contribution is 2.29. The van der Waals surface area contributed by atoms with Gasteiger partial charge in [-0.2, -0.15) is 0 Å². The number of carbonyl (C=O) groups excluding carboxylic acids is 2. The molecule has 1 aromatic rings. The Labute approximate surface area is 105 Å². The molecule has 0 unspecified atom stereocenters. The van der Waals surface area contributed by atoms with Crippen LogP contribution in [0, 0.1) is 0 Å². The third-order valence-electron chi connectivity index (χ3n) is 2.06. The second-order valence-electron chi connectivity index (χ2n) is 3.61. The SMILES string of the molecule is CCCc1cc(C(=O)OCC)c(NC(C)=O)s1. The molecule has 5 heteroatoms. The molecular weight excluding hydrogens is 238 g/mol. The van der Waals surface area contributed by atoms with Crippen molar-refractivity contribution in [3.8, 4) is 0 Å². The number of hydrogen-bond donors (Lipinski definition) is 1. The summed E-state index contributed by atoms with van der Waals surface area (Å²) >= 11 is 1.43. The van der Waals surface area contributed by atoms with Gasteiger partial charge in [0, 0.05) is 11.8 Å². The van der Waals surface area contributed by atoms with E-state index in [0.29, 0.717) is 17.2 Å². The highest BCUT2D eigenvalue weighted by Gasteiger charge is 2.17. The fourth-order valence-electron chi connectivity index (χ4n) is 1.42. The maximum absolute atomic E-state index is 11.7. The summed E-state index contributed by atoms with van der Waals surface area (Å²) in [6.45, 7) is 5.59. The van der Waals surface area contributed by atoms with Crippen LogP contribution in [0.1, 0.15) is 42.4 Å². The number of aryl methyl sites for hydroxylation is 1. The molecule has 0 radical (unpaired) electrons. The van der Waals surface area contributed by atoms with Crippen LogP contribution in [0.2, 0.25) is 0 Å². The number of amides is 1. The topological polar surface area (TPSA) is 55.4 Å². The van der Waals surface area contributed by atoms with Gasteiger partial charge in [0.15, 0.2) is 0 Å². The zero-order valence-electron chi connectivity index (χ0n) is 10.3. The van der Waals surface area contributed by atoms with Crippen molar-refractivity contribution in [3.05, 3.63) is 16.5 Å². The molecule has 0 saturated carbocycles. The van der Waals surface area contributed by atoms with Crippen LogP contribution in [-0.4, -0.2) is 18.5 Å². The number of carbonyl (C=O) groups is 2. The lowest BCUT2D eigenvalue weighted by molar-refractivity contribution is -0.114. The van der Waals surface area contributed by atoms with Crippen molar-refractivity contribution in [2.24, 2.45) is 0 Å². The Kier molecular flexibility index (Phi) is 5.15. The molecule has 0 fully saturated rings. The quantitative estimate of drug-likeness (QED) is 0.823. The van der Waals surface area contributed by atoms with Gasteiger partial charge < -0.3 is 10.1 Å². The molecule has 1 aromatic heterocycles. The Morgan fingerprint density at radius 2 is 2.12 bits per heavy atom. The van der Waals surface area contributed by atoms with Crippen LogP contribution in [0.25, 0.3) is 0 Å². The molecule has 0 aliphatic heterocycles. The van der Waals surface area contributed by atoms with Gasteiger partial charge in [-0.05, 0) is 19.4 Å². The third kappa shape index (κ3) is 3.85. The molecule has 0 aliphatic rings. The van der Waals surface area contributed by atoms with E-state index in [0.717, 1.165) is 17.7 Å². The number of ether oxygens (including phenoxy) is 1. The molecule has 0 atom stereocenters. The number of nitrogens with one attached hydrogen (secondary N) is 1. The first-order chi connectivity index (χ1) is 8.08. The molecule has 4 nitrogen and oxygen atoms in total. The minimum absolute atomic E-state index is 0.180. The van der Waals surface area contributed by atoms with Gasteiger partial charge in [0.05, 0.1) is 12.2 Å². The average Bonchev–Trinajstić information content (AvgIpc) is 2.61. The van der Waals surface area contributed by atoms with E-state index in [2.05, 4.69) is 12.2 Å². The van der Waals surface area contributed by atoms with Crippen molar-refractivity contribution < 1.29 is 14.3 Å². The maximum Gasteiger partial charge on any atom is 0.341 e. The van der Waals surface area contributed by atoms with Crippen molar-refractivity contribution in [1.29, 1.82) is 0 Å². The molecule has 1 rings (SSSR count). The number of thiophene rings is 1. The minimum Gasteiger partial charge on any atom is -0.462 e. The Hall–Kier alpha value is -1.36. The van der Waals surface area contributed by atoms with Gasteiger partial charge in [0.1, 0.15) is 5.00 Å². The molecule has 17 heavy (non-hydrogen) atoms. The van der Waals surface area contributed by atoms with Crippen LogP contribution in [0.4, 0.5) is 5.00 Å². The van der Waals surface area contributed by atoms with E-state index in [9.17, 15) is 9.59 Å². The van der Waals surface area contributed by atoms with E-state index in [1.807, 2.05) is 0 Å². The summed E-state index contributed by atoms with van der Waals surface area (Å²) < 4.78 is 4.96. The van der Waals surface area contributed by atoms with Crippen molar-refractivity contribution in [3.63, 3.8) is 0 Å². The molecule has 0 spiro atoms. The predicted octanol–water partition coefficient (Wildman–Crippen LogP) is 2.84. The zero-order valence-corrected chi connectivity index (χ0v) is 11.1. The van der Waals surface area contributed by atoms with E-state index in [1.165, 1.54) is 18.3 Å². The largest absolute Gasteiger partial charge is 0.462 e. The van der Waals surface area contributed by atoms with E-state index in [1.54, 1.807) is 13.0 Å². The second-order valence-corrected chi connectivity index (χ2v) is 4.74. The summed E-state index contributed by atoms with van der Waals surface area (Å²) in [7, 11) is 0. The molecule has 1 heterocycles. The van der Waals surface area contributed by atoms with Crippen LogP contribution < -0.4 is 5.32 Å². The van der Waals surface area contributed by atoms with Gasteiger partial charge >= 0.3 is 5.97 Å². The van der Waals surface area contributed by atoms with Gasteiger partial charge in [0.2, 0.25) is 5.91 Å². The lowest BCUT2D eigenvalue weighted by atomic mass is 10.2. The second kappa shape index (κ2) is 6.39. The van der Waals surface area contributed by atoms with Gasteiger partial charge in [-0.25, -0.2) is 4.79 Å². The Morgan fingerprint density at radius 1 is 1.41 bits per heavy atom. The maximum atomic E-state index is 11.7. The molecule has 0 bridgehead atoms. The summed E-state index contributed by atoms with van der Waals surface area (Å²) in [6.07, 6.45) is 1.90. The predicted molar refractivity (Wildman–Crippen MR) is 68.6 cm³/mol. The van der Waals surface area contributed by atoms with E-state index in [4.69, 9.17) is 4.74 Å². The van der Waals surface area contributed by atoms with Crippen LogP contribution in [0.5, 0.6) is 0 Å². The number of anilines is 1. The molecule has 1 N–H and O–H groups in total. The van der Waals surface area contributed by atoms with Gasteiger partial charge in [-0.15, -0.1) is 11.3 Å². The molecular formula is C12H17NO3S. The Balaban J connectivity index is 2.98. The first-order valence-corrected chi connectivity index (χ1v) is 6.47.